The molecule has 1 aromatic heterocycles. The standard InChI is InChI=1S/C17H19N3O6/c1-2-20-15(24)11-4-3-10(7-12(11)18-16(20)25)14(23)19-17(8-13(21)22)5-6-26-9-17/h3-4,7H,2,5-6,8-9H2,1H3,(H,18,25)(H,19,23)(H,21,22). The van der Waals surface area contributed by atoms with E-state index in [0.29, 0.717) is 18.4 Å². The van der Waals surface area contributed by atoms with Gasteiger partial charge in [-0.15, -0.1) is 0 Å². The average Bonchev–Trinajstić information content (AvgIpc) is 3.01. The summed E-state index contributed by atoms with van der Waals surface area (Å²) in [5.41, 5.74) is -1.46. The fourth-order valence-electron chi connectivity index (χ4n) is 3.17. The van der Waals surface area contributed by atoms with Gasteiger partial charge in [-0.2, -0.15) is 0 Å². The topological polar surface area (TPSA) is 130 Å². The summed E-state index contributed by atoms with van der Waals surface area (Å²) in [5, 5.41) is 12.1. The first-order chi connectivity index (χ1) is 12.3. The minimum Gasteiger partial charge on any atom is -0.481 e. The summed E-state index contributed by atoms with van der Waals surface area (Å²) in [6, 6.07) is 4.36. The Labute approximate surface area is 147 Å². The highest BCUT2D eigenvalue weighted by Crippen LogP contribution is 2.23. The number of amides is 1. The first kappa shape index (κ1) is 17.9. The van der Waals surface area contributed by atoms with E-state index in [-0.39, 0.29) is 30.7 Å². The lowest BCUT2D eigenvalue weighted by atomic mass is 9.93. The predicted molar refractivity (Wildman–Crippen MR) is 92.4 cm³/mol. The smallest absolute Gasteiger partial charge is 0.328 e. The molecule has 0 spiro atoms. The second-order valence-electron chi connectivity index (χ2n) is 6.35. The van der Waals surface area contributed by atoms with Crippen LogP contribution in [0.5, 0.6) is 0 Å². The Kier molecular flexibility index (Phi) is 4.64. The van der Waals surface area contributed by atoms with Crippen LogP contribution < -0.4 is 16.6 Å². The predicted octanol–water partition coefficient (Wildman–Crippen LogP) is 0.0733. The minimum atomic E-state index is -1.03. The van der Waals surface area contributed by atoms with Crippen molar-refractivity contribution in [3.05, 3.63) is 44.6 Å². The molecule has 9 nitrogen and oxygen atoms in total. The van der Waals surface area contributed by atoms with Gasteiger partial charge in [0.25, 0.3) is 11.5 Å². The zero-order chi connectivity index (χ0) is 18.9. The molecule has 138 valence electrons. The van der Waals surface area contributed by atoms with Crippen molar-refractivity contribution in [1.29, 1.82) is 0 Å². The number of hydrogen-bond acceptors (Lipinski definition) is 5. The average molecular weight is 361 g/mol. The number of ether oxygens (including phenoxy) is 1. The van der Waals surface area contributed by atoms with E-state index >= 15 is 0 Å². The van der Waals surface area contributed by atoms with Crippen LogP contribution in [0.2, 0.25) is 0 Å². The van der Waals surface area contributed by atoms with Crippen molar-refractivity contribution in [3.8, 4) is 0 Å². The van der Waals surface area contributed by atoms with Crippen LogP contribution in [0.15, 0.2) is 27.8 Å². The van der Waals surface area contributed by atoms with Crippen LogP contribution in [0, 0.1) is 0 Å². The SMILES string of the molecule is CCn1c(=O)[nH]c2cc(C(=O)NC3(CC(=O)O)CCOC3)ccc2c1=O. The number of carbonyl (C=O) groups is 2. The molecular weight excluding hydrogens is 342 g/mol. The molecule has 1 atom stereocenters. The molecule has 1 unspecified atom stereocenters. The van der Waals surface area contributed by atoms with Crippen molar-refractivity contribution in [1.82, 2.24) is 14.9 Å². The van der Waals surface area contributed by atoms with Crippen molar-refractivity contribution in [2.24, 2.45) is 0 Å². The molecular formula is C17H19N3O6. The monoisotopic (exact) mass is 361 g/mol. The van der Waals surface area contributed by atoms with E-state index < -0.39 is 28.7 Å². The third kappa shape index (κ3) is 3.25. The first-order valence-corrected chi connectivity index (χ1v) is 8.24. The summed E-state index contributed by atoms with van der Waals surface area (Å²) in [7, 11) is 0. The normalized spacial score (nSPS) is 19.6. The van der Waals surface area contributed by atoms with Gasteiger partial charge in [0.15, 0.2) is 0 Å². The van der Waals surface area contributed by atoms with Gasteiger partial charge in [0.2, 0.25) is 0 Å². The van der Waals surface area contributed by atoms with Crippen LogP contribution >= 0.6 is 0 Å². The lowest BCUT2D eigenvalue weighted by Crippen LogP contribution is -2.50. The summed E-state index contributed by atoms with van der Waals surface area (Å²) in [6.07, 6.45) is 0.154. The van der Waals surface area contributed by atoms with E-state index in [4.69, 9.17) is 9.84 Å². The Morgan fingerprint density at radius 1 is 1.38 bits per heavy atom. The number of hydrogen-bond donors (Lipinski definition) is 3. The number of carboxylic acids is 1. The maximum absolute atomic E-state index is 12.6. The number of carboxylic acid groups (broad SMARTS) is 1. The van der Waals surface area contributed by atoms with Crippen molar-refractivity contribution >= 4 is 22.8 Å². The second-order valence-corrected chi connectivity index (χ2v) is 6.35. The molecule has 2 heterocycles. The Morgan fingerprint density at radius 3 is 2.77 bits per heavy atom. The van der Waals surface area contributed by atoms with Crippen molar-refractivity contribution in [2.75, 3.05) is 13.2 Å². The van der Waals surface area contributed by atoms with Gasteiger partial charge in [-0.25, -0.2) is 4.79 Å². The van der Waals surface area contributed by atoms with Crippen molar-refractivity contribution in [3.63, 3.8) is 0 Å². The number of H-pyrrole nitrogens is 1. The van der Waals surface area contributed by atoms with Gasteiger partial charge in [-0.3, -0.25) is 19.0 Å². The van der Waals surface area contributed by atoms with Crippen molar-refractivity contribution < 1.29 is 19.4 Å². The van der Waals surface area contributed by atoms with Crippen LogP contribution in [-0.2, 0) is 16.1 Å². The molecule has 1 aliphatic heterocycles. The molecule has 0 saturated carbocycles. The quantitative estimate of drug-likeness (QED) is 0.691. The number of carbonyl (C=O) groups excluding carboxylic acids is 1. The van der Waals surface area contributed by atoms with Gasteiger partial charge >= 0.3 is 11.7 Å². The van der Waals surface area contributed by atoms with Crippen LogP contribution in [0.1, 0.15) is 30.1 Å². The van der Waals surface area contributed by atoms with Crippen LogP contribution in [0.25, 0.3) is 10.9 Å². The molecule has 26 heavy (non-hydrogen) atoms. The van der Waals surface area contributed by atoms with E-state index in [2.05, 4.69) is 10.3 Å². The molecule has 0 bridgehead atoms. The van der Waals surface area contributed by atoms with E-state index in [9.17, 15) is 19.2 Å². The summed E-state index contributed by atoms with van der Waals surface area (Å²) >= 11 is 0. The molecule has 1 aliphatic rings. The fraction of sp³-hybridized carbons (Fsp3) is 0.412. The second kappa shape index (κ2) is 6.75. The summed E-state index contributed by atoms with van der Waals surface area (Å²) in [5.74, 6) is -1.52. The molecule has 1 saturated heterocycles. The minimum absolute atomic E-state index is 0.122. The number of benzene rings is 1. The molecule has 3 N–H and O–H groups in total. The number of nitrogens with one attached hydrogen (secondary N) is 2. The maximum atomic E-state index is 12.6. The Balaban J connectivity index is 1.95. The van der Waals surface area contributed by atoms with Gasteiger partial charge in [0.1, 0.15) is 0 Å². The van der Waals surface area contributed by atoms with Gasteiger partial charge in [0.05, 0.1) is 29.5 Å². The largest absolute Gasteiger partial charge is 0.481 e. The molecule has 1 amide bonds. The molecule has 9 heteroatoms. The zero-order valence-corrected chi connectivity index (χ0v) is 14.2. The Bertz CT molecular complexity index is 984. The number of aromatic nitrogens is 2. The van der Waals surface area contributed by atoms with E-state index in [1.165, 1.54) is 18.2 Å². The molecule has 3 rings (SSSR count). The molecule has 2 aromatic rings. The lowest BCUT2D eigenvalue weighted by Gasteiger charge is -2.27. The zero-order valence-electron chi connectivity index (χ0n) is 14.2. The van der Waals surface area contributed by atoms with E-state index in [1.54, 1.807) is 6.92 Å². The highest BCUT2D eigenvalue weighted by Gasteiger charge is 2.38. The summed E-state index contributed by atoms with van der Waals surface area (Å²) < 4.78 is 6.32. The van der Waals surface area contributed by atoms with Gasteiger partial charge < -0.3 is 20.1 Å². The highest BCUT2D eigenvalue weighted by atomic mass is 16.5. The van der Waals surface area contributed by atoms with Crippen LogP contribution in [0.3, 0.4) is 0 Å². The first-order valence-electron chi connectivity index (χ1n) is 8.24. The summed E-state index contributed by atoms with van der Waals surface area (Å²) in [4.78, 5) is 50.5. The number of nitrogens with zero attached hydrogens (tertiary/aromatic N) is 1. The van der Waals surface area contributed by atoms with Gasteiger partial charge in [-0.05, 0) is 31.5 Å². The van der Waals surface area contributed by atoms with Crippen LogP contribution in [-0.4, -0.2) is 45.3 Å². The highest BCUT2D eigenvalue weighted by molar-refractivity contribution is 5.98. The number of aromatic amines is 1. The molecule has 0 aliphatic carbocycles. The lowest BCUT2D eigenvalue weighted by molar-refractivity contribution is -0.138. The van der Waals surface area contributed by atoms with Crippen molar-refractivity contribution in [2.45, 2.75) is 31.8 Å². The fourth-order valence-corrected chi connectivity index (χ4v) is 3.17. The third-order valence-electron chi connectivity index (χ3n) is 4.53. The number of aliphatic carboxylic acids is 1. The molecule has 0 radical (unpaired) electrons. The van der Waals surface area contributed by atoms with E-state index in [1.807, 2.05) is 0 Å². The van der Waals surface area contributed by atoms with Gasteiger partial charge in [0, 0.05) is 18.7 Å². The molecule has 1 aromatic carbocycles. The molecule has 1 fully saturated rings. The Hall–Kier alpha value is -2.94. The number of rotatable bonds is 5. The van der Waals surface area contributed by atoms with Gasteiger partial charge in [-0.1, -0.05) is 0 Å². The third-order valence-corrected chi connectivity index (χ3v) is 4.53. The van der Waals surface area contributed by atoms with Crippen LogP contribution in [0.4, 0.5) is 0 Å². The number of fused-ring (bicyclic) bond motifs is 1. The summed E-state index contributed by atoms with van der Waals surface area (Å²) in [6.45, 7) is 2.42. The van der Waals surface area contributed by atoms with E-state index in [0.717, 1.165) is 4.57 Å². The maximum Gasteiger partial charge on any atom is 0.328 e. The Morgan fingerprint density at radius 2 is 2.15 bits per heavy atom.